The molecule has 1 N–H and O–H groups in total. The highest BCUT2D eigenvalue weighted by Gasteiger charge is 2.11. The molecule has 0 aromatic heterocycles. The molecule has 1 amide bonds. The van der Waals surface area contributed by atoms with Crippen molar-refractivity contribution in [3.05, 3.63) is 90.0 Å². The lowest BCUT2D eigenvalue weighted by atomic mass is 9.97. The minimum absolute atomic E-state index is 0.294. The molecule has 29 heavy (non-hydrogen) atoms. The van der Waals surface area contributed by atoms with Gasteiger partial charge in [-0.15, -0.1) is 0 Å². The van der Waals surface area contributed by atoms with Crippen molar-refractivity contribution in [3.63, 3.8) is 0 Å². The first kappa shape index (κ1) is 18.7. The van der Waals surface area contributed by atoms with Crippen LogP contribution in [0.3, 0.4) is 0 Å². The molecule has 0 aliphatic carbocycles. The van der Waals surface area contributed by atoms with Crippen LogP contribution in [-0.2, 0) is 0 Å². The van der Waals surface area contributed by atoms with Crippen LogP contribution in [0.5, 0.6) is 5.75 Å². The third-order valence-electron chi connectivity index (χ3n) is 4.77. The summed E-state index contributed by atoms with van der Waals surface area (Å²) in [6.07, 6.45) is 2.60. The number of nitrogens with zero attached hydrogens (tertiary/aromatic N) is 1. The Balaban J connectivity index is 1.65. The van der Waals surface area contributed by atoms with E-state index in [-0.39, 0.29) is 5.91 Å². The number of benzene rings is 4. The summed E-state index contributed by atoms with van der Waals surface area (Å²) in [4.78, 5) is 12.6. The van der Waals surface area contributed by atoms with Crippen molar-refractivity contribution < 1.29 is 9.53 Å². The Morgan fingerprint density at radius 3 is 2.24 bits per heavy atom. The van der Waals surface area contributed by atoms with E-state index in [0.717, 1.165) is 33.5 Å². The zero-order chi connectivity index (χ0) is 20.1. The molecule has 0 aliphatic rings. The van der Waals surface area contributed by atoms with Gasteiger partial charge in [0.1, 0.15) is 5.75 Å². The highest BCUT2D eigenvalue weighted by atomic mass is 16.5. The minimum atomic E-state index is -0.294. The van der Waals surface area contributed by atoms with Gasteiger partial charge in [-0.05, 0) is 46.2 Å². The van der Waals surface area contributed by atoms with Crippen LogP contribution in [0.15, 0.2) is 84.0 Å². The van der Waals surface area contributed by atoms with Crippen molar-refractivity contribution in [1.82, 2.24) is 5.43 Å². The van der Waals surface area contributed by atoms with Gasteiger partial charge in [0.15, 0.2) is 0 Å². The fourth-order valence-corrected chi connectivity index (χ4v) is 3.40. The number of rotatable bonds is 6. The highest BCUT2D eigenvalue weighted by Crippen LogP contribution is 2.27. The summed E-state index contributed by atoms with van der Waals surface area (Å²) in [5.74, 6) is 0.273. The molecule has 4 aromatic carbocycles. The number of carbonyl (C=O) groups excluding carboxylic acids is 1. The zero-order valence-corrected chi connectivity index (χ0v) is 16.3. The Hall–Kier alpha value is -3.66. The van der Waals surface area contributed by atoms with Gasteiger partial charge in [-0.2, -0.15) is 5.10 Å². The summed E-state index contributed by atoms with van der Waals surface area (Å²) < 4.78 is 5.67. The molecular weight excluding hydrogens is 360 g/mol. The lowest BCUT2D eigenvalue weighted by molar-refractivity contribution is 0.0951. The smallest absolute Gasteiger partial charge is 0.275 e. The van der Waals surface area contributed by atoms with Gasteiger partial charge in [-0.25, -0.2) is 5.43 Å². The monoisotopic (exact) mass is 382 g/mol. The highest BCUT2D eigenvalue weighted by molar-refractivity contribution is 6.13. The molecule has 0 bridgehead atoms. The van der Waals surface area contributed by atoms with Gasteiger partial charge in [0.2, 0.25) is 0 Å². The number of amides is 1. The summed E-state index contributed by atoms with van der Waals surface area (Å²) in [5.41, 5.74) is 4.10. The SMILES string of the molecule is CCCOc1ccccc1C(=O)N/N=C/c1c2ccccc2cc2ccccc12. The number of hydrazone groups is 1. The van der Waals surface area contributed by atoms with Gasteiger partial charge in [0, 0.05) is 5.56 Å². The number of nitrogens with one attached hydrogen (secondary N) is 1. The predicted octanol–water partition coefficient (Wildman–Crippen LogP) is 5.55. The summed E-state index contributed by atoms with van der Waals surface area (Å²) >= 11 is 0. The summed E-state index contributed by atoms with van der Waals surface area (Å²) in [6, 6.07) is 25.7. The molecule has 0 atom stereocenters. The fraction of sp³-hybridized carbons (Fsp3) is 0.120. The molecular formula is C25H22N2O2. The Morgan fingerprint density at radius 2 is 1.55 bits per heavy atom. The second-order valence-electron chi connectivity index (χ2n) is 6.78. The summed E-state index contributed by atoms with van der Waals surface area (Å²) in [6.45, 7) is 2.59. The average Bonchev–Trinajstić information content (AvgIpc) is 2.77. The van der Waals surface area contributed by atoms with Gasteiger partial charge in [-0.3, -0.25) is 4.79 Å². The first-order valence-corrected chi connectivity index (χ1v) is 9.73. The maximum atomic E-state index is 12.6. The number of carbonyl (C=O) groups is 1. The molecule has 4 rings (SSSR count). The molecule has 0 saturated heterocycles. The summed E-state index contributed by atoms with van der Waals surface area (Å²) in [7, 11) is 0. The maximum absolute atomic E-state index is 12.6. The van der Waals surface area contributed by atoms with Gasteiger partial charge in [0.25, 0.3) is 5.91 Å². The lowest BCUT2D eigenvalue weighted by Gasteiger charge is -2.10. The average molecular weight is 382 g/mol. The quantitative estimate of drug-likeness (QED) is 0.270. The molecule has 4 aromatic rings. The largest absolute Gasteiger partial charge is 0.493 e. The third kappa shape index (κ3) is 3.97. The molecule has 0 spiro atoms. The third-order valence-corrected chi connectivity index (χ3v) is 4.77. The molecule has 0 saturated carbocycles. The molecule has 0 radical (unpaired) electrons. The van der Waals surface area contributed by atoms with Crippen molar-refractivity contribution in [2.45, 2.75) is 13.3 Å². The van der Waals surface area contributed by atoms with E-state index in [4.69, 9.17) is 4.74 Å². The first-order valence-electron chi connectivity index (χ1n) is 9.73. The predicted molar refractivity (Wildman–Crippen MR) is 119 cm³/mol. The number of fused-ring (bicyclic) bond motifs is 2. The Morgan fingerprint density at radius 1 is 0.931 bits per heavy atom. The maximum Gasteiger partial charge on any atom is 0.275 e. The van der Waals surface area contributed by atoms with Crippen LogP contribution in [0, 0.1) is 0 Å². The lowest BCUT2D eigenvalue weighted by Crippen LogP contribution is -2.18. The normalized spacial score (nSPS) is 11.2. The second kappa shape index (κ2) is 8.57. The standard InChI is InChI=1S/C25H22N2O2/c1-2-15-29-24-14-8-7-13-22(24)25(28)27-26-17-23-20-11-5-3-9-18(20)16-19-10-4-6-12-21(19)23/h3-14,16-17H,2,15H2,1H3,(H,27,28)/b26-17+. The van der Waals surface area contributed by atoms with Gasteiger partial charge >= 0.3 is 0 Å². The van der Waals surface area contributed by atoms with Gasteiger partial charge in [0.05, 0.1) is 18.4 Å². The van der Waals surface area contributed by atoms with Crippen LogP contribution in [-0.4, -0.2) is 18.7 Å². The van der Waals surface area contributed by atoms with E-state index >= 15 is 0 Å². The van der Waals surface area contributed by atoms with Gasteiger partial charge in [-0.1, -0.05) is 67.6 Å². The number of hydrogen-bond donors (Lipinski definition) is 1. The van der Waals surface area contributed by atoms with Crippen LogP contribution in [0.1, 0.15) is 29.3 Å². The van der Waals surface area contributed by atoms with E-state index in [9.17, 15) is 4.79 Å². The molecule has 144 valence electrons. The fourth-order valence-electron chi connectivity index (χ4n) is 3.40. The Bertz CT molecular complexity index is 1140. The number of ether oxygens (including phenoxy) is 1. The van der Waals surface area contributed by atoms with E-state index in [1.807, 2.05) is 43.3 Å². The van der Waals surface area contributed by atoms with Crippen molar-refractivity contribution >= 4 is 33.7 Å². The molecule has 0 aliphatic heterocycles. The van der Waals surface area contributed by atoms with E-state index in [1.54, 1.807) is 18.3 Å². The van der Waals surface area contributed by atoms with Crippen LogP contribution in [0.2, 0.25) is 0 Å². The van der Waals surface area contributed by atoms with Crippen LogP contribution >= 0.6 is 0 Å². The van der Waals surface area contributed by atoms with Gasteiger partial charge < -0.3 is 4.74 Å². The second-order valence-corrected chi connectivity index (χ2v) is 6.78. The number of para-hydroxylation sites is 1. The van der Waals surface area contributed by atoms with Crippen molar-refractivity contribution in [1.29, 1.82) is 0 Å². The van der Waals surface area contributed by atoms with Crippen LogP contribution in [0.4, 0.5) is 0 Å². The van der Waals surface area contributed by atoms with Crippen molar-refractivity contribution in [3.8, 4) is 5.75 Å². The Kier molecular flexibility index (Phi) is 5.52. The van der Waals surface area contributed by atoms with Crippen molar-refractivity contribution in [2.75, 3.05) is 6.61 Å². The van der Waals surface area contributed by atoms with E-state index in [2.05, 4.69) is 40.9 Å². The zero-order valence-electron chi connectivity index (χ0n) is 16.3. The number of hydrogen-bond acceptors (Lipinski definition) is 3. The molecule has 0 unspecified atom stereocenters. The Labute approximate surface area is 169 Å². The molecule has 4 heteroatoms. The summed E-state index contributed by atoms with van der Waals surface area (Å²) in [5, 5.41) is 8.72. The van der Waals surface area contributed by atoms with Crippen LogP contribution < -0.4 is 10.2 Å². The minimum Gasteiger partial charge on any atom is -0.493 e. The first-order chi connectivity index (χ1) is 14.3. The van der Waals surface area contributed by atoms with E-state index in [0.29, 0.717) is 17.9 Å². The van der Waals surface area contributed by atoms with Crippen LogP contribution in [0.25, 0.3) is 21.5 Å². The topological polar surface area (TPSA) is 50.7 Å². The molecule has 0 fully saturated rings. The molecule has 4 nitrogen and oxygen atoms in total. The van der Waals surface area contributed by atoms with Crippen molar-refractivity contribution in [2.24, 2.45) is 5.10 Å². The molecule has 0 heterocycles. The van der Waals surface area contributed by atoms with E-state index in [1.165, 1.54) is 0 Å². The van der Waals surface area contributed by atoms with E-state index < -0.39 is 0 Å².